The number of likely N-dealkylation sites (tertiary alicyclic amines) is 1. The predicted molar refractivity (Wildman–Crippen MR) is 73.0 cm³/mol. The summed E-state index contributed by atoms with van der Waals surface area (Å²) in [5.41, 5.74) is 0. The summed E-state index contributed by atoms with van der Waals surface area (Å²) < 4.78 is 0. The third-order valence-electron chi connectivity index (χ3n) is 4.10. The number of likely N-dealkylation sites (N-methyl/N-ethyl adjacent to an activating group) is 1. The molecule has 2 aliphatic rings. The zero-order valence-electron chi connectivity index (χ0n) is 12.1. The summed E-state index contributed by atoms with van der Waals surface area (Å²) >= 11 is 0. The molecule has 112 valence electrons. The number of imide groups is 1. The number of piperidine rings is 1. The second-order valence-corrected chi connectivity index (χ2v) is 5.17. The van der Waals surface area contributed by atoms with Gasteiger partial charge in [0.05, 0.1) is 0 Å². The van der Waals surface area contributed by atoms with E-state index in [0.717, 1.165) is 17.7 Å². The highest BCUT2D eigenvalue weighted by Crippen LogP contribution is 2.14. The number of nitrogens with zero attached hydrogens (tertiary/aromatic N) is 3. The number of carbonyl (C=O) groups is 3. The Bertz CT molecular complexity index is 404. The van der Waals surface area contributed by atoms with Gasteiger partial charge in [-0.25, -0.2) is 4.79 Å². The van der Waals surface area contributed by atoms with Crippen LogP contribution in [-0.2, 0) is 9.59 Å². The molecule has 0 aromatic carbocycles. The molecule has 0 saturated carbocycles. The maximum Gasteiger partial charge on any atom is 0.327 e. The Kier molecular flexibility index (Phi) is 4.59. The first kappa shape index (κ1) is 14.8. The standard InChI is InChI=1S/C13H22N4O3/c1-3-15-8-9-17(12(19)11(15)18)13(20)16-6-4-10(14-2)5-7-16/h10,14H,3-9H2,1-2H3. The van der Waals surface area contributed by atoms with E-state index in [-0.39, 0.29) is 6.03 Å². The first-order valence-corrected chi connectivity index (χ1v) is 7.15. The Morgan fingerprint density at radius 2 is 1.80 bits per heavy atom. The molecule has 2 rings (SSSR count). The SMILES string of the molecule is CCN1CCN(C(=O)N2CCC(NC)CC2)C(=O)C1=O. The van der Waals surface area contributed by atoms with Crippen LogP contribution in [0.25, 0.3) is 0 Å². The minimum atomic E-state index is -0.696. The van der Waals surface area contributed by atoms with E-state index in [4.69, 9.17) is 0 Å². The molecule has 0 aromatic heterocycles. The molecule has 0 atom stereocenters. The quantitative estimate of drug-likeness (QED) is 0.692. The van der Waals surface area contributed by atoms with Gasteiger partial charge in [0.2, 0.25) is 0 Å². The van der Waals surface area contributed by atoms with E-state index in [0.29, 0.717) is 38.8 Å². The van der Waals surface area contributed by atoms with Gasteiger partial charge in [0.1, 0.15) is 0 Å². The van der Waals surface area contributed by atoms with E-state index in [1.54, 1.807) is 4.90 Å². The molecular formula is C13H22N4O3. The van der Waals surface area contributed by atoms with E-state index >= 15 is 0 Å². The molecule has 2 saturated heterocycles. The fourth-order valence-electron chi connectivity index (χ4n) is 2.69. The number of nitrogens with one attached hydrogen (secondary N) is 1. The van der Waals surface area contributed by atoms with E-state index in [2.05, 4.69) is 5.32 Å². The van der Waals surface area contributed by atoms with Crippen LogP contribution in [-0.4, -0.2) is 78.4 Å². The van der Waals surface area contributed by atoms with Crippen molar-refractivity contribution >= 4 is 17.8 Å². The Morgan fingerprint density at radius 1 is 1.15 bits per heavy atom. The van der Waals surface area contributed by atoms with Crippen LogP contribution >= 0.6 is 0 Å². The summed E-state index contributed by atoms with van der Waals surface area (Å²) in [4.78, 5) is 40.3. The summed E-state index contributed by atoms with van der Waals surface area (Å²) in [6.45, 7) is 4.30. The fraction of sp³-hybridized carbons (Fsp3) is 0.769. The Hall–Kier alpha value is -1.63. The van der Waals surface area contributed by atoms with Crippen LogP contribution < -0.4 is 5.32 Å². The number of hydrogen-bond donors (Lipinski definition) is 1. The lowest BCUT2D eigenvalue weighted by Gasteiger charge is -2.37. The molecule has 7 heteroatoms. The summed E-state index contributed by atoms with van der Waals surface area (Å²) in [6, 6.07) is 0.0991. The fourth-order valence-corrected chi connectivity index (χ4v) is 2.69. The van der Waals surface area contributed by atoms with Gasteiger partial charge < -0.3 is 15.1 Å². The summed E-state index contributed by atoms with van der Waals surface area (Å²) in [7, 11) is 1.91. The van der Waals surface area contributed by atoms with Gasteiger partial charge in [0.25, 0.3) is 0 Å². The van der Waals surface area contributed by atoms with Gasteiger partial charge in [-0.3, -0.25) is 14.5 Å². The molecule has 0 bridgehead atoms. The second-order valence-electron chi connectivity index (χ2n) is 5.17. The highest BCUT2D eigenvalue weighted by Gasteiger charge is 2.37. The third kappa shape index (κ3) is 2.77. The molecule has 0 aromatic rings. The predicted octanol–water partition coefficient (Wildman–Crippen LogP) is -0.519. The normalized spacial score (nSPS) is 21.6. The zero-order valence-corrected chi connectivity index (χ0v) is 12.1. The third-order valence-corrected chi connectivity index (χ3v) is 4.10. The number of amides is 4. The van der Waals surface area contributed by atoms with Crippen molar-refractivity contribution < 1.29 is 14.4 Å². The van der Waals surface area contributed by atoms with Crippen molar-refractivity contribution in [3.63, 3.8) is 0 Å². The van der Waals surface area contributed by atoms with Crippen molar-refractivity contribution in [2.45, 2.75) is 25.8 Å². The molecule has 2 heterocycles. The van der Waals surface area contributed by atoms with Crippen LogP contribution in [0.4, 0.5) is 4.79 Å². The van der Waals surface area contributed by atoms with Crippen molar-refractivity contribution in [3.05, 3.63) is 0 Å². The molecule has 0 aliphatic carbocycles. The smallest absolute Gasteiger partial charge is 0.327 e. The second kappa shape index (κ2) is 6.21. The lowest BCUT2D eigenvalue weighted by atomic mass is 10.1. The molecule has 20 heavy (non-hydrogen) atoms. The minimum absolute atomic E-state index is 0.295. The van der Waals surface area contributed by atoms with Crippen LogP contribution in [0.3, 0.4) is 0 Å². The number of hydrogen-bond acceptors (Lipinski definition) is 4. The minimum Gasteiger partial charge on any atom is -0.333 e. The van der Waals surface area contributed by atoms with Gasteiger partial charge in [-0.05, 0) is 26.8 Å². The topological polar surface area (TPSA) is 73.0 Å². The lowest BCUT2D eigenvalue weighted by Crippen LogP contribution is -2.59. The first-order chi connectivity index (χ1) is 9.58. The maximum atomic E-state index is 12.3. The highest BCUT2D eigenvalue weighted by molar-refractivity contribution is 6.38. The molecule has 0 unspecified atom stereocenters. The van der Waals surface area contributed by atoms with E-state index in [9.17, 15) is 14.4 Å². The molecule has 2 fully saturated rings. The number of rotatable bonds is 2. The van der Waals surface area contributed by atoms with Crippen molar-refractivity contribution in [1.29, 1.82) is 0 Å². The van der Waals surface area contributed by atoms with Crippen molar-refractivity contribution in [1.82, 2.24) is 20.0 Å². The van der Waals surface area contributed by atoms with E-state index in [1.807, 2.05) is 14.0 Å². The number of piperazine rings is 1. The molecule has 1 N–H and O–H groups in total. The summed E-state index contributed by atoms with van der Waals surface area (Å²) in [6.07, 6.45) is 1.75. The van der Waals surface area contributed by atoms with Gasteiger partial charge in [0.15, 0.2) is 0 Å². The Labute approximate surface area is 118 Å². The maximum absolute atomic E-state index is 12.3. The molecule has 7 nitrogen and oxygen atoms in total. The molecule has 4 amide bonds. The summed E-state index contributed by atoms with van der Waals surface area (Å²) in [5, 5.41) is 3.19. The van der Waals surface area contributed by atoms with Crippen LogP contribution in [0.5, 0.6) is 0 Å². The Morgan fingerprint density at radius 3 is 2.35 bits per heavy atom. The van der Waals surface area contributed by atoms with Gasteiger partial charge in [0, 0.05) is 38.8 Å². The van der Waals surface area contributed by atoms with Gasteiger partial charge in [-0.1, -0.05) is 0 Å². The monoisotopic (exact) mass is 282 g/mol. The highest BCUT2D eigenvalue weighted by atomic mass is 16.2. The average molecular weight is 282 g/mol. The van der Waals surface area contributed by atoms with Gasteiger partial charge in [-0.15, -0.1) is 0 Å². The molecule has 0 spiro atoms. The van der Waals surface area contributed by atoms with Crippen LogP contribution in [0.1, 0.15) is 19.8 Å². The molecule has 2 aliphatic heterocycles. The van der Waals surface area contributed by atoms with E-state index in [1.165, 1.54) is 4.90 Å². The van der Waals surface area contributed by atoms with Crippen LogP contribution in [0.2, 0.25) is 0 Å². The average Bonchev–Trinajstić information content (AvgIpc) is 2.49. The lowest BCUT2D eigenvalue weighted by molar-refractivity contribution is -0.153. The Balaban J connectivity index is 1.96. The largest absolute Gasteiger partial charge is 0.333 e. The van der Waals surface area contributed by atoms with Crippen LogP contribution in [0.15, 0.2) is 0 Å². The van der Waals surface area contributed by atoms with Gasteiger partial charge in [-0.2, -0.15) is 0 Å². The van der Waals surface area contributed by atoms with Crippen molar-refractivity contribution in [3.8, 4) is 0 Å². The molecule has 0 radical (unpaired) electrons. The van der Waals surface area contributed by atoms with Crippen LogP contribution in [0, 0.1) is 0 Å². The first-order valence-electron chi connectivity index (χ1n) is 7.15. The van der Waals surface area contributed by atoms with Crippen molar-refractivity contribution in [2.75, 3.05) is 39.8 Å². The summed E-state index contributed by atoms with van der Waals surface area (Å²) in [5.74, 6) is -1.27. The molecular weight excluding hydrogens is 260 g/mol. The van der Waals surface area contributed by atoms with E-state index < -0.39 is 11.8 Å². The van der Waals surface area contributed by atoms with Gasteiger partial charge >= 0.3 is 17.8 Å². The number of urea groups is 1. The number of carbonyl (C=O) groups excluding carboxylic acids is 3. The van der Waals surface area contributed by atoms with Crippen molar-refractivity contribution in [2.24, 2.45) is 0 Å². The zero-order chi connectivity index (χ0) is 14.7.